The Morgan fingerprint density at radius 2 is 1.11 bits per heavy atom. The lowest BCUT2D eigenvalue weighted by Crippen LogP contribution is -2.58. The molecule has 1 aromatic carbocycles. The number of imide groups is 2. The first-order valence-electron chi connectivity index (χ1n) is 27.7. The highest BCUT2D eigenvalue weighted by Crippen LogP contribution is 2.21. The maximum atomic E-state index is 14.7. The number of benzene rings is 1. The van der Waals surface area contributed by atoms with E-state index >= 15 is 0 Å². The number of carbonyl (C=O) groups is 10. The summed E-state index contributed by atoms with van der Waals surface area (Å²) in [5.74, 6) is -6.01. The van der Waals surface area contributed by atoms with Gasteiger partial charge in [-0.2, -0.15) is 11.8 Å². The maximum absolute atomic E-state index is 14.7. The highest BCUT2D eigenvalue weighted by atomic mass is 32.2. The van der Waals surface area contributed by atoms with E-state index in [1.54, 1.807) is 108 Å². The number of carbonyl (C=O) groups excluding carboxylic acids is 10. The van der Waals surface area contributed by atoms with Crippen molar-refractivity contribution >= 4 is 71.1 Å². The molecule has 81 heavy (non-hydrogen) atoms. The molecule has 0 spiro atoms. The normalized spacial score (nSPS) is 17.0. The fourth-order valence-electron chi connectivity index (χ4n) is 8.91. The van der Waals surface area contributed by atoms with Gasteiger partial charge in [0.1, 0.15) is 34.5 Å². The Labute approximate surface area is 482 Å². The largest absolute Gasteiger partial charge is 0.459 e. The van der Waals surface area contributed by atoms with E-state index in [9.17, 15) is 47.9 Å². The Balaban J connectivity index is 2.00. The fraction of sp³-hybridized carbons (Fsp3) is 0.684. The van der Waals surface area contributed by atoms with E-state index in [1.807, 2.05) is 19.6 Å². The molecule has 0 aromatic heterocycles. The zero-order valence-corrected chi connectivity index (χ0v) is 50.9. The number of unbranched alkanes of at least 4 members (excludes halogenated alkanes) is 1. The highest BCUT2D eigenvalue weighted by Gasteiger charge is 2.40. The minimum absolute atomic E-state index is 0.0139. The minimum Gasteiger partial charge on any atom is -0.459 e. The van der Waals surface area contributed by atoms with Gasteiger partial charge in [-0.25, -0.2) is 4.79 Å². The van der Waals surface area contributed by atoms with Gasteiger partial charge in [0.05, 0.1) is 32.2 Å². The number of amides is 6. The van der Waals surface area contributed by atoms with Crippen molar-refractivity contribution in [1.29, 1.82) is 0 Å². The molecule has 1 aromatic rings. The lowest BCUT2D eigenvalue weighted by molar-refractivity contribution is -0.169. The molecule has 6 amide bonds. The van der Waals surface area contributed by atoms with Crippen LogP contribution in [-0.2, 0) is 68.5 Å². The summed E-state index contributed by atoms with van der Waals surface area (Å²) in [6, 6.07) is 2.64. The molecule has 24 heteroatoms. The van der Waals surface area contributed by atoms with Gasteiger partial charge >= 0.3 is 23.9 Å². The molecule has 2 aliphatic rings. The number of hydrogen-bond acceptors (Lipinski definition) is 20. The maximum Gasteiger partial charge on any atom is 0.329 e. The lowest BCUT2D eigenvalue weighted by Gasteiger charge is -2.36. The van der Waals surface area contributed by atoms with E-state index < -0.39 is 106 Å². The predicted octanol–water partition coefficient (Wildman–Crippen LogP) is 2.30. The van der Waals surface area contributed by atoms with Crippen LogP contribution in [0, 0.1) is 0 Å². The fourth-order valence-corrected chi connectivity index (χ4v) is 9.38. The SMILES string of the molecule is CSCC[C@H](NC(=O)c1cccc(CC(C(N)=O)N2CCN(CC(=O)OC(C)(C)C)CCN(CC(=O)OC(C)(C)C)CCN(CC(=O)OC(C)(C)C)CC2)c1)C(=O)N(C(=O)CN)[C@@H](CCCCN1C(=O)C=CC1=O)C(=O)OC(C)(C)C. The number of esters is 4. The standard InChI is InChI=1S/C57H91N9O14S/c1-54(2,3)77-47(70)36-61-24-26-62(37-48(71)78-55(4,5)6)28-30-64(31-29-63(27-25-61)38-49(72)79-56(7,8)9)43(50(59)73)34-39-17-16-18-40(33-39)51(74)60-41(22-32-81-13)52(75)66(46(69)35-58)42(53(76)80-57(10,11)12)19-14-15-23-65-44(67)20-21-45(65)68/h16-18,20-21,33,41-43H,14-15,19,22-32,34-38,58H2,1-13H3,(H2,59,73)(H,60,74)/t41-,42-,43?/m0/s1. The first-order valence-corrected chi connectivity index (χ1v) is 29.0. The van der Waals surface area contributed by atoms with Crippen molar-refractivity contribution in [2.75, 3.05) is 97.1 Å². The van der Waals surface area contributed by atoms with E-state index in [0.717, 1.165) is 22.0 Å². The number of nitrogens with two attached hydrogens (primary N) is 2. The van der Waals surface area contributed by atoms with Crippen molar-refractivity contribution in [3.63, 3.8) is 0 Å². The summed E-state index contributed by atoms with van der Waals surface area (Å²) in [6.45, 7) is 22.2. The number of hydrogen-bond donors (Lipinski definition) is 3. The van der Waals surface area contributed by atoms with Crippen LogP contribution in [0.25, 0.3) is 0 Å². The minimum atomic E-state index is -1.47. The molecule has 1 unspecified atom stereocenters. The summed E-state index contributed by atoms with van der Waals surface area (Å²) >= 11 is 1.39. The molecule has 23 nitrogen and oxygen atoms in total. The molecular weight excluding hydrogens is 1070 g/mol. The Kier molecular flexibility index (Phi) is 27.1. The number of ether oxygens (including phenoxy) is 4. The number of primary amides is 1. The topological polar surface area (TPSA) is 291 Å². The van der Waals surface area contributed by atoms with Crippen molar-refractivity contribution in [2.24, 2.45) is 11.5 Å². The third kappa shape index (κ3) is 25.9. The van der Waals surface area contributed by atoms with Crippen LogP contribution >= 0.6 is 11.8 Å². The van der Waals surface area contributed by atoms with Crippen LogP contribution in [0.3, 0.4) is 0 Å². The van der Waals surface area contributed by atoms with Crippen LogP contribution in [0.4, 0.5) is 0 Å². The van der Waals surface area contributed by atoms with Crippen molar-refractivity contribution in [1.82, 2.24) is 34.7 Å². The second kappa shape index (κ2) is 31.6. The quantitative estimate of drug-likeness (QED) is 0.0579. The molecule has 3 rings (SSSR count). The van der Waals surface area contributed by atoms with E-state index in [0.29, 0.717) is 37.5 Å². The van der Waals surface area contributed by atoms with Gasteiger partial charge in [0.15, 0.2) is 0 Å². The Morgan fingerprint density at radius 3 is 1.53 bits per heavy atom. The van der Waals surface area contributed by atoms with Crippen LogP contribution < -0.4 is 16.8 Å². The second-order valence-electron chi connectivity index (χ2n) is 24.3. The lowest BCUT2D eigenvalue weighted by atomic mass is 10.0. The van der Waals surface area contributed by atoms with Gasteiger partial charge in [-0.15, -0.1) is 0 Å². The summed E-state index contributed by atoms with van der Waals surface area (Å²) in [5, 5.41) is 2.79. The van der Waals surface area contributed by atoms with E-state index in [-0.39, 0.29) is 90.0 Å². The average molecular weight is 1160 g/mol. The zero-order valence-electron chi connectivity index (χ0n) is 50.1. The number of nitrogens with zero attached hydrogens (tertiary/aromatic N) is 6. The molecule has 0 saturated carbocycles. The molecular formula is C57H91N9O14S. The molecule has 454 valence electrons. The summed E-state index contributed by atoms with van der Waals surface area (Å²) < 4.78 is 22.8. The molecule has 5 N–H and O–H groups in total. The van der Waals surface area contributed by atoms with Crippen LogP contribution in [-0.4, -0.2) is 226 Å². The van der Waals surface area contributed by atoms with Gasteiger partial charge in [0.25, 0.3) is 23.6 Å². The Morgan fingerprint density at radius 1 is 0.654 bits per heavy atom. The van der Waals surface area contributed by atoms with Gasteiger partial charge in [-0.1, -0.05) is 12.1 Å². The van der Waals surface area contributed by atoms with Gasteiger partial charge < -0.3 is 35.7 Å². The van der Waals surface area contributed by atoms with E-state index in [4.69, 9.17) is 30.4 Å². The number of thioether (sulfide) groups is 1. The molecule has 1 fully saturated rings. The summed E-state index contributed by atoms with van der Waals surface area (Å²) in [6.07, 6.45) is 4.51. The smallest absolute Gasteiger partial charge is 0.329 e. The molecule has 0 aliphatic carbocycles. The van der Waals surface area contributed by atoms with Gasteiger partial charge in [0, 0.05) is 76.6 Å². The van der Waals surface area contributed by atoms with Crippen molar-refractivity contribution < 1.29 is 66.9 Å². The van der Waals surface area contributed by atoms with Crippen LogP contribution in [0.15, 0.2) is 36.4 Å². The molecule has 0 bridgehead atoms. The van der Waals surface area contributed by atoms with Crippen molar-refractivity contribution in [3.8, 4) is 0 Å². The van der Waals surface area contributed by atoms with Crippen LogP contribution in [0.2, 0.25) is 0 Å². The third-order valence-corrected chi connectivity index (χ3v) is 13.1. The van der Waals surface area contributed by atoms with Crippen LogP contribution in [0.1, 0.15) is 125 Å². The van der Waals surface area contributed by atoms with Gasteiger partial charge in [-0.3, -0.25) is 72.6 Å². The van der Waals surface area contributed by atoms with Crippen molar-refractivity contribution in [2.45, 2.75) is 156 Å². The molecule has 0 radical (unpaired) electrons. The first kappa shape index (κ1) is 69.5. The highest BCUT2D eigenvalue weighted by molar-refractivity contribution is 7.98. The molecule has 3 atom stereocenters. The van der Waals surface area contributed by atoms with Crippen LogP contribution in [0.5, 0.6) is 0 Å². The zero-order chi connectivity index (χ0) is 61.0. The summed E-state index contributed by atoms with van der Waals surface area (Å²) in [7, 11) is 0. The predicted molar refractivity (Wildman–Crippen MR) is 306 cm³/mol. The molecule has 2 heterocycles. The Hall–Kier alpha value is -5.79. The van der Waals surface area contributed by atoms with E-state index in [2.05, 4.69) is 5.32 Å². The molecule has 1 saturated heterocycles. The summed E-state index contributed by atoms with van der Waals surface area (Å²) in [5.41, 5.74) is 9.46. The molecule has 2 aliphatic heterocycles. The van der Waals surface area contributed by atoms with Gasteiger partial charge in [0.2, 0.25) is 11.8 Å². The first-order chi connectivity index (χ1) is 37.6. The monoisotopic (exact) mass is 1160 g/mol. The number of nitrogens with one attached hydrogen (secondary N) is 1. The average Bonchev–Trinajstić information content (AvgIpc) is 3.65. The Bertz CT molecular complexity index is 2330. The third-order valence-electron chi connectivity index (χ3n) is 12.5. The van der Waals surface area contributed by atoms with Crippen molar-refractivity contribution in [3.05, 3.63) is 47.5 Å². The van der Waals surface area contributed by atoms with E-state index in [1.165, 1.54) is 17.8 Å². The second-order valence-corrected chi connectivity index (χ2v) is 25.3. The summed E-state index contributed by atoms with van der Waals surface area (Å²) in [4.78, 5) is 144. The number of rotatable bonds is 24. The van der Waals surface area contributed by atoms with Gasteiger partial charge in [-0.05, 0) is 145 Å².